The number of carbonyl (C=O) groups is 1. The Morgan fingerprint density at radius 1 is 1.09 bits per heavy atom. The molecule has 3 aliphatic carbocycles. The zero-order chi connectivity index (χ0) is 23.0. The van der Waals surface area contributed by atoms with E-state index in [2.05, 4.69) is 4.99 Å². The predicted molar refractivity (Wildman–Crippen MR) is 126 cm³/mol. The van der Waals surface area contributed by atoms with E-state index < -0.39 is 0 Å². The number of halogens is 2. The summed E-state index contributed by atoms with van der Waals surface area (Å²) in [5, 5.41) is 8.38. The molecule has 6 rings (SSSR count). The number of urea groups is 1. The number of amidine groups is 2. The molecule has 2 heterocycles. The molecule has 0 bridgehead atoms. The highest BCUT2D eigenvalue weighted by molar-refractivity contribution is 6.30. The molecule has 2 amide bonds. The maximum absolute atomic E-state index is 14.3. The third kappa shape index (κ3) is 3.72. The average Bonchev–Trinajstić information content (AvgIpc) is 3.43. The number of hydrogen-bond acceptors (Lipinski definition) is 2. The van der Waals surface area contributed by atoms with Crippen LogP contribution in [0.25, 0.3) is 0 Å². The lowest BCUT2D eigenvalue weighted by atomic mass is 9.57. The third-order valence-electron chi connectivity index (χ3n) is 8.78. The average molecular weight is 472 g/mol. The number of benzene rings is 1. The van der Waals surface area contributed by atoms with Crippen molar-refractivity contribution in [1.29, 1.82) is 5.41 Å². The van der Waals surface area contributed by atoms with Crippen LogP contribution in [0.3, 0.4) is 0 Å². The number of nitrogens with one attached hydrogen (secondary N) is 1. The fourth-order valence-electron chi connectivity index (χ4n) is 6.70. The van der Waals surface area contributed by atoms with Crippen molar-refractivity contribution in [1.82, 2.24) is 9.80 Å². The number of nitrogens with zero attached hydrogens (tertiary/aromatic N) is 3. The molecule has 2 aliphatic heterocycles. The summed E-state index contributed by atoms with van der Waals surface area (Å²) in [6, 6.07) is 5.12. The summed E-state index contributed by atoms with van der Waals surface area (Å²) in [5.41, 5.74) is 7.26. The summed E-state index contributed by atoms with van der Waals surface area (Å²) in [5.74, 6) is 1.66. The van der Waals surface area contributed by atoms with Gasteiger partial charge in [0.2, 0.25) is 0 Å². The van der Waals surface area contributed by atoms with E-state index in [4.69, 9.17) is 22.7 Å². The molecule has 176 valence electrons. The second-order valence-corrected chi connectivity index (χ2v) is 11.8. The Bertz CT molecular complexity index is 1030. The Morgan fingerprint density at radius 3 is 2.45 bits per heavy atom. The van der Waals surface area contributed by atoms with Gasteiger partial charge in [0, 0.05) is 48.5 Å². The molecule has 0 atom stereocenters. The van der Waals surface area contributed by atoms with Crippen LogP contribution >= 0.6 is 11.6 Å². The van der Waals surface area contributed by atoms with E-state index in [1.165, 1.54) is 6.07 Å². The fourth-order valence-corrected chi connectivity index (χ4v) is 6.86. The first kappa shape index (κ1) is 21.4. The molecule has 2 saturated heterocycles. The first-order chi connectivity index (χ1) is 15.7. The lowest BCUT2D eigenvalue weighted by Gasteiger charge is -2.59. The molecule has 1 aromatic carbocycles. The van der Waals surface area contributed by atoms with Gasteiger partial charge in [0.1, 0.15) is 17.5 Å². The van der Waals surface area contributed by atoms with Gasteiger partial charge in [-0.05, 0) is 74.0 Å². The van der Waals surface area contributed by atoms with Gasteiger partial charge in [0.25, 0.3) is 0 Å². The molecule has 5 fully saturated rings. The standard InChI is InChI=1S/C25H31ClFN5O/c26-18-3-4-19(20(27)7-18)16-8-24(9-16)5-6-31(12-24)23(33)32-13-25(14-32)10-17(11-25)22(29)30-21(28)15-1-2-15/h3-4,7,15-17H,1-2,5-6,8-14H2,(H3,28,29,30). The van der Waals surface area contributed by atoms with Crippen LogP contribution < -0.4 is 5.73 Å². The van der Waals surface area contributed by atoms with E-state index in [-0.39, 0.29) is 34.5 Å². The van der Waals surface area contributed by atoms with Crippen molar-refractivity contribution in [2.45, 2.75) is 50.9 Å². The second-order valence-electron chi connectivity index (χ2n) is 11.4. The summed E-state index contributed by atoms with van der Waals surface area (Å²) >= 11 is 5.89. The van der Waals surface area contributed by atoms with E-state index in [1.54, 1.807) is 6.07 Å². The maximum atomic E-state index is 14.3. The normalized spacial score (nSPS) is 26.3. The number of likely N-dealkylation sites (tertiary alicyclic amines) is 2. The molecule has 0 aromatic heterocycles. The van der Waals surface area contributed by atoms with Crippen LogP contribution in [0.4, 0.5) is 9.18 Å². The van der Waals surface area contributed by atoms with Gasteiger partial charge in [-0.3, -0.25) is 5.41 Å². The summed E-state index contributed by atoms with van der Waals surface area (Å²) in [7, 11) is 0. The summed E-state index contributed by atoms with van der Waals surface area (Å²) in [6.45, 7) is 3.19. The number of carbonyl (C=O) groups excluding carboxylic acids is 1. The van der Waals surface area contributed by atoms with Crippen molar-refractivity contribution in [3.63, 3.8) is 0 Å². The van der Waals surface area contributed by atoms with Crippen molar-refractivity contribution in [3.05, 3.63) is 34.6 Å². The van der Waals surface area contributed by atoms with E-state index in [9.17, 15) is 9.18 Å². The molecule has 1 aromatic rings. The molecule has 5 aliphatic rings. The Kier molecular flexibility index (Phi) is 4.81. The molecular weight excluding hydrogens is 441 g/mol. The Labute approximate surface area is 198 Å². The third-order valence-corrected chi connectivity index (χ3v) is 9.02. The number of amides is 2. The molecule has 33 heavy (non-hydrogen) atoms. The van der Waals surface area contributed by atoms with Gasteiger partial charge in [-0.15, -0.1) is 0 Å². The first-order valence-corrected chi connectivity index (χ1v) is 12.5. The van der Waals surface area contributed by atoms with E-state index in [0.29, 0.717) is 22.6 Å². The molecule has 6 nitrogen and oxygen atoms in total. The van der Waals surface area contributed by atoms with Gasteiger partial charge < -0.3 is 15.5 Å². The number of hydrogen-bond donors (Lipinski definition) is 2. The second kappa shape index (κ2) is 7.42. The van der Waals surface area contributed by atoms with Crippen LogP contribution in [-0.2, 0) is 0 Å². The van der Waals surface area contributed by atoms with Crippen molar-refractivity contribution in [3.8, 4) is 0 Å². The highest BCUT2D eigenvalue weighted by atomic mass is 35.5. The van der Waals surface area contributed by atoms with Crippen LogP contribution in [0.2, 0.25) is 5.02 Å². The molecule has 3 N–H and O–H groups in total. The van der Waals surface area contributed by atoms with Crippen molar-refractivity contribution in [2.75, 3.05) is 26.2 Å². The lowest BCUT2D eigenvalue weighted by molar-refractivity contribution is -0.0583. The largest absolute Gasteiger partial charge is 0.387 e. The Morgan fingerprint density at radius 2 is 1.79 bits per heavy atom. The van der Waals surface area contributed by atoms with Gasteiger partial charge >= 0.3 is 6.03 Å². The lowest BCUT2D eigenvalue weighted by Crippen LogP contribution is -2.66. The van der Waals surface area contributed by atoms with Crippen LogP contribution in [0, 0.1) is 33.9 Å². The van der Waals surface area contributed by atoms with Crippen molar-refractivity contribution < 1.29 is 9.18 Å². The van der Waals surface area contributed by atoms with E-state index in [1.807, 2.05) is 15.9 Å². The summed E-state index contributed by atoms with van der Waals surface area (Å²) in [4.78, 5) is 21.4. The minimum absolute atomic E-state index is 0.146. The zero-order valence-electron chi connectivity index (χ0n) is 18.8. The number of aliphatic imine (C=N–C) groups is 1. The zero-order valence-corrected chi connectivity index (χ0v) is 19.6. The van der Waals surface area contributed by atoms with Gasteiger partial charge in [0.15, 0.2) is 0 Å². The van der Waals surface area contributed by atoms with Crippen molar-refractivity contribution >= 4 is 29.3 Å². The van der Waals surface area contributed by atoms with E-state index in [0.717, 1.165) is 76.7 Å². The van der Waals surface area contributed by atoms with Crippen LogP contribution in [0.15, 0.2) is 23.2 Å². The predicted octanol–water partition coefficient (Wildman–Crippen LogP) is 4.63. The minimum Gasteiger partial charge on any atom is -0.387 e. The van der Waals surface area contributed by atoms with Gasteiger partial charge in [-0.25, -0.2) is 14.2 Å². The number of nitrogens with two attached hydrogens (primary N) is 1. The molecule has 3 saturated carbocycles. The fraction of sp³-hybridized carbons (Fsp3) is 0.640. The molecular formula is C25H31ClFN5O. The maximum Gasteiger partial charge on any atom is 0.320 e. The van der Waals surface area contributed by atoms with Crippen molar-refractivity contribution in [2.24, 2.45) is 33.4 Å². The first-order valence-electron chi connectivity index (χ1n) is 12.2. The van der Waals surface area contributed by atoms with Crippen LogP contribution in [-0.4, -0.2) is 53.7 Å². The molecule has 0 radical (unpaired) electrons. The van der Waals surface area contributed by atoms with Gasteiger partial charge in [-0.1, -0.05) is 17.7 Å². The molecule has 0 unspecified atom stereocenters. The van der Waals surface area contributed by atoms with E-state index >= 15 is 0 Å². The van der Waals surface area contributed by atoms with Crippen LogP contribution in [0.5, 0.6) is 0 Å². The number of rotatable bonds is 3. The SMILES string of the molecule is N=C(N=C(N)C1CC2(C1)CN(C(=O)N1CCC3(CC(c4ccc(Cl)cc4F)C3)C1)C2)C1CC1. The highest BCUT2D eigenvalue weighted by Crippen LogP contribution is 2.57. The highest BCUT2D eigenvalue weighted by Gasteiger charge is 2.57. The summed E-state index contributed by atoms with van der Waals surface area (Å²) in [6.07, 6.45) is 6.97. The molecule has 8 heteroatoms. The monoisotopic (exact) mass is 471 g/mol. The molecule has 2 spiro atoms. The van der Waals surface area contributed by atoms with Gasteiger partial charge in [-0.2, -0.15) is 0 Å². The minimum atomic E-state index is -0.215. The Hall–Kier alpha value is -2.15. The summed E-state index contributed by atoms with van der Waals surface area (Å²) < 4.78 is 14.3. The topological polar surface area (TPSA) is 85.8 Å². The van der Waals surface area contributed by atoms with Crippen LogP contribution in [0.1, 0.15) is 56.4 Å². The quantitative estimate of drug-likeness (QED) is 0.497. The smallest absolute Gasteiger partial charge is 0.320 e. The van der Waals surface area contributed by atoms with Gasteiger partial charge in [0.05, 0.1) is 0 Å². The Balaban J connectivity index is 0.978.